The first-order chi connectivity index (χ1) is 4.81. The molecule has 0 aromatic heterocycles. The predicted octanol–water partition coefficient (Wildman–Crippen LogP) is 2.31. The van der Waals surface area contributed by atoms with Crippen molar-refractivity contribution in [2.75, 3.05) is 6.61 Å². The second-order valence-electron chi connectivity index (χ2n) is 2.04. The zero-order valence-electron chi connectivity index (χ0n) is 6.96. The van der Waals surface area contributed by atoms with Crippen molar-refractivity contribution in [3.63, 3.8) is 0 Å². The lowest BCUT2D eigenvalue weighted by Gasteiger charge is -2.10. The van der Waals surface area contributed by atoms with Gasteiger partial charge in [-0.15, -0.1) is 0 Å². The van der Waals surface area contributed by atoms with Crippen LogP contribution in [-0.2, 0) is 9.47 Å². The number of ether oxygens (including phenoxy) is 2. The Balaban J connectivity index is 3.16. The molecule has 0 spiro atoms. The maximum atomic E-state index is 5.22. The van der Waals surface area contributed by atoms with Crippen molar-refractivity contribution >= 4 is 0 Å². The van der Waals surface area contributed by atoms with Crippen LogP contribution in [0.1, 0.15) is 27.2 Å². The van der Waals surface area contributed by atoms with Crippen molar-refractivity contribution in [1.29, 1.82) is 0 Å². The highest BCUT2D eigenvalue weighted by molar-refractivity contribution is 4.65. The summed E-state index contributed by atoms with van der Waals surface area (Å²) in [5.74, 6) is 0. The minimum atomic E-state index is -0.115. The van der Waals surface area contributed by atoms with Gasteiger partial charge in [0.1, 0.15) is 0 Å². The Morgan fingerprint density at radius 3 is 2.70 bits per heavy atom. The van der Waals surface area contributed by atoms with Crippen molar-refractivity contribution < 1.29 is 9.47 Å². The number of hydrogen-bond acceptors (Lipinski definition) is 2. The van der Waals surface area contributed by atoms with Crippen molar-refractivity contribution in [2.45, 2.75) is 33.5 Å². The van der Waals surface area contributed by atoms with Gasteiger partial charge in [0.05, 0.1) is 12.9 Å². The lowest BCUT2D eigenvalue weighted by molar-refractivity contribution is -0.0925. The zero-order chi connectivity index (χ0) is 7.82. The van der Waals surface area contributed by atoms with E-state index in [1.807, 2.05) is 19.9 Å². The number of allylic oxidation sites excluding steroid dienone is 1. The standard InChI is InChI=1S/C8H16O2/c1-4-6-9-8(3)10-7-5-2/h4,6,8H,5,7H2,1-3H3/b6-4-. The largest absolute Gasteiger partial charge is 0.473 e. The molecule has 0 bridgehead atoms. The molecule has 0 aliphatic carbocycles. The van der Waals surface area contributed by atoms with Crippen LogP contribution in [0.4, 0.5) is 0 Å². The minimum Gasteiger partial charge on any atom is -0.473 e. The fourth-order valence-corrected chi connectivity index (χ4v) is 0.512. The zero-order valence-corrected chi connectivity index (χ0v) is 6.96. The maximum Gasteiger partial charge on any atom is 0.196 e. The van der Waals surface area contributed by atoms with Crippen LogP contribution in [0.5, 0.6) is 0 Å². The highest BCUT2D eigenvalue weighted by Crippen LogP contribution is 1.94. The molecule has 0 heterocycles. The SMILES string of the molecule is C/C=C\OC(C)OCCC. The summed E-state index contributed by atoms with van der Waals surface area (Å²) >= 11 is 0. The third-order valence-electron chi connectivity index (χ3n) is 0.963. The second kappa shape index (κ2) is 6.62. The van der Waals surface area contributed by atoms with Crippen LogP contribution >= 0.6 is 0 Å². The van der Waals surface area contributed by atoms with Crippen LogP contribution < -0.4 is 0 Å². The lowest BCUT2D eigenvalue weighted by atomic mass is 10.5. The summed E-state index contributed by atoms with van der Waals surface area (Å²) in [4.78, 5) is 0. The van der Waals surface area contributed by atoms with E-state index in [-0.39, 0.29) is 6.29 Å². The molecule has 60 valence electrons. The number of hydrogen-bond donors (Lipinski definition) is 0. The summed E-state index contributed by atoms with van der Waals surface area (Å²) in [7, 11) is 0. The van der Waals surface area contributed by atoms with Crippen LogP contribution in [0.15, 0.2) is 12.3 Å². The quantitative estimate of drug-likeness (QED) is 0.435. The predicted molar refractivity (Wildman–Crippen MR) is 41.6 cm³/mol. The molecule has 0 aromatic rings. The molecule has 0 aromatic carbocycles. The van der Waals surface area contributed by atoms with Gasteiger partial charge >= 0.3 is 0 Å². The minimum absolute atomic E-state index is 0.115. The molecule has 2 heteroatoms. The summed E-state index contributed by atoms with van der Waals surface area (Å²) in [5.41, 5.74) is 0. The van der Waals surface area contributed by atoms with E-state index in [4.69, 9.17) is 9.47 Å². The fourth-order valence-electron chi connectivity index (χ4n) is 0.512. The second-order valence-corrected chi connectivity index (χ2v) is 2.04. The van der Waals surface area contributed by atoms with Gasteiger partial charge in [0, 0.05) is 0 Å². The first-order valence-electron chi connectivity index (χ1n) is 3.69. The highest BCUT2D eigenvalue weighted by atomic mass is 16.7. The Morgan fingerprint density at radius 2 is 2.20 bits per heavy atom. The van der Waals surface area contributed by atoms with Gasteiger partial charge < -0.3 is 9.47 Å². The third-order valence-corrected chi connectivity index (χ3v) is 0.963. The summed E-state index contributed by atoms with van der Waals surface area (Å²) in [6.07, 6.45) is 4.39. The molecule has 0 saturated carbocycles. The van der Waals surface area contributed by atoms with Gasteiger partial charge in [-0.3, -0.25) is 0 Å². The van der Waals surface area contributed by atoms with Gasteiger partial charge in [-0.2, -0.15) is 0 Å². The molecule has 1 unspecified atom stereocenters. The summed E-state index contributed by atoms with van der Waals surface area (Å²) in [5, 5.41) is 0. The summed E-state index contributed by atoms with van der Waals surface area (Å²) < 4.78 is 10.3. The fraction of sp³-hybridized carbons (Fsp3) is 0.750. The molecule has 0 rings (SSSR count). The Kier molecular flexibility index (Phi) is 6.29. The Hall–Kier alpha value is -0.500. The van der Waals surface area contributed by atoms with Gasteiger partial charge in [-0.25, -0.2) is 0 Å². The Labute approximate surface area is 62.8 Å². The van der Waals surface area contributed by atoms with Crippen molar-refractivity contribution in [3.8, 4) is 0 Å². The van der Waals surface area contributed by atoms with Gasteiger partial charge in [0.15, 0.2) is 6.29 Å². The normalized spacial score (nSPS) is 13.9. The van der Waals surface area contributed by atoms with E-state index in [1.165, 1.54) is 0 Å². The molecular weight excluding hydrogens is 128 g/mol. The van der Waals surface area contributed by atoms with E-state index in [0.29, 0.717) is 0 Å². The molecule has 0 aliphatic rings. The maximum absolute atomic E-state index is 5.22. The van der Waals surface area contributed by atoms with Crippen molar-refractivity contribution in [3.05, 3.63) is 12.3 Å². The van der Waals surface area contributed by atoms with Crippen molar-refractivity contribution in [1.82, 2.24) is 0 Å². The average Bonchev–Trinajstić information content (AvgIpc) is 1.97. The van der Waals surface area contributed by atoms with Gasteiger partial charge in [-0.1, -0.05) is 13.0 Å². The monoisotopic (exact) mass is 144 g/mol. The van der Waals surface area contributed by atoms with Gasteiger partial charge in [0.2, 0.25) is 0 Å². The molecule has 0 N–H and O–H groups in total. The topological polar surface area (TPSA) is 18.5 Å². The molecule has 0 aliphatic heterocycles. The van der Waals surface area contributed by atoms with Crippen LogP contribution in [0.2, 0.25) is 0 Å². The molecular formula is C8H16O2. The molecule has 10 heavy (non-hydrogen) atoms. The van der Waals surface area contributed by atoms with Crippen LogP contribution in [0, 0.1) is 0 Å². The van der Waals surface area contributed by atoms with Gasteiger partial charge in [-0.05, 0) is 20.3 Å². The number of rotatable bonds is 5. The first kappa shape index (κ1) is 9.50. The molecule has 0 fully saturated rings. The Morgan fingerprint density at radius 1 is 1.50 bits per heavy atom. The van der Waals surface area contributed by atoms with E-state index in [0.717, 1.165) is 13.0 Å². The average molecular weight is 144 g/mol. The third kappa shape index (κ3) is 5.63. The highest BCUT2D eigenvalue weighted by Gasteiger charge is 1.95. The molecule has 2 nitrogen and oxygen atoms in total. The first-order valence-corrected chi connectivity index (χ1v) is 3.69. The molecule has 0 saturated heterocycles. The van der Waals surface area contributed by atoms with E-state index in [1.54, 1.807) is 6.26 Å². The summed E-state index contributed by atoms with van der Waals surface area (Å²) in [6.45, 7) is 6.63. The molecule has 0 amide bonds. The Bertz CT molecular complexity index is 89.3. The van der Waals surface area contributed by atoms with E-state index in [9.17, 15) is 0 Å². The smallest absolute Gasteiger partial charge is 0.196 e. The summed E-state index contributed by atoms with van der Waals surface area (Å²) in [6, 6.07) is 0. The molecule has 0 radical (unpaired) electrons. The molecule has 1 atom stereocenters. The van der Waals surface area contributed by atoms with E-state index >= 15 is 0 Å². The van der Waals surface area contributed by atoms with Crippen molar-refractivity contribution in [2.24, 2.45) is 0 Å². The van der Waals surface area contributed by atoms with Crippen LogP contribution in [0.3, 0.4) is 0 Å². The van der Waals surface area contributed by atoms with E-state index < -0.39 is 0 Å². The van der Waals surface area contributed by atoms with Gasteiger partial charge in [0.25, 0.3) is 0 Å². The van der Waals surface area contributed by atoms with Crippen LogP contribution in [-0.4, -0.2) is 12.9 Å². The van der Waals surface area contributed by atoms with Crippen LogP contribution in [0.25, 0.3) is 0 Å². The van der Waals surface area contributed by atoms with E-state index in [2.05, 4.69) is 6.92 Å². The lowest BCUT2D eigenvalue weighted by Crippen LogP contribution is -2.09.